The van der Waals surface area contributed by atoms with Gasteiger partial charge in [-0.25, -0.2) is 0 Å². The molecule has 0 aromatic heterocycles. The Balaban J connectivity index is 1.92. The van der Waals surface area contributed by atoms with Crippen molar-refractivity contribution in [1.29, 1.82) is 0 Å². The second-order valence-corrected chi connectivity index (χ2v) is 7.88. The molecule has 2 rings (SSSR count). The lowest BCUT2D eigenvalue weighted by Crippen LogP contribution is -2.13. The molecule has 0 fully saturated rings. The minimum absolute atomic E-state index is 0.292. The first-order valence-electron chi connectivity index (χ1n) is 11.1. The maximum Gasteiger partial charge on any atom is 0.135 e. The number of aryl methyl sites for hydroxylation is 1. The van der Waals surface area contributed by atoms with E-state index in [1.54, 1.807) is 6.92 Å². The van der Waals surface area contributed by atoms with E-state index in [4.69, 9.17) is 5.21 Å². The van der Waals surface area contributed by atoms with Gasteiger partial charge in [0.2, 0.25) is 0 Å². The van der Waals surface area contributed by atoms with Crippen molar-refractivity contribution < 1.29 is 10.4 Å². The van der Waals surface area contributed by atoms with Crippen molar-refractivity contribution in [2.45, 2.75) is 84.5 Å². The van der Waals surface area contributed by atoms with E-state index >= 15 is 0 Å². The third-order valence-electron chi connectivity index (χ3n) is 5.66. The molecular weight excluding hydrogens is 360 g/mol. The molecule has 2 aromatic carbocycles. The maximum atomic E-state index is 9.41. The maximum absolute atomic E-state index is 9.41. The molecule has 0 unspecified atom stereocenters. The minimum atomic E-state index is 0.292. The molecule has 0 radical (unpaired) electrons. The van der Waals surface area contributed by atoms with Crippen LogP contribution >= 0.6 is 0 Å². The third-order valence-corrected chi connectivity index (χ3v) is 5.66. The highest BCUT2D eigenvalue weighted by atomic mass is 16.4. The summed E-state index contributed by atoms with van der Waals surface area (Å²) in [6.07, 6.45) is 14.4. The number of benzene rings is 2. The van der Waals surface area contributed by atoms with Crippen molar-refractivity contribution in [3.63, 3.8) is 0 Å². The Bertz CT molecular complexity index is 812. The zero-order valence-electron chi connectivity index (χ0n) is 18.0. The molecule has 4 nitrogen and oxygen atoms in total. The molecule has 0 aliphatic heterocycles. The molecular formula is C25H36N2O2. The van der Waals surface area contributed by atoms with Gasteiger partial charge in [0, 0.05) is 5.56 Å². The van der Waals surface area contributed by atoms with Gasteiger partial charge in [0.15, 0.2) is 0 Å². The van der Waals surface area contributed by atoms with Crippen molar-refractivity contribution in [1.82, 2.24) is 0 Å². The number of hydrogen-bond acceptors (Lipinski definition) is 4. The van der Waals surface area contributed by atoms with Gasteiger partial charge in [-0.15, -0.1) is 0 Å². The van der Waals surface area contributed by atoms with E-state index in [-0.39, 0.29) is 0 Å². The van der Waals surface area contributed by atoms with Gasteiger partial charge in [-0.3, -0.25) is 0 Å². The molecule has 4 heteroatoms. The Labute approximate surface area is 175 Å². The normalized spacial score (nSPS) is 12.6. The monoisotopic (exact) mass is 396 g/mol. The fourth-order valence-electron chi connectivity index (χ4n) is 3.96. The van der Waals surface area contributed by atoms with Gasteiger partial charge < -0.3 is 10.4 Å². The largest absolute Gasteiger partial charge is 0.411 e. The van der Waals surface area contributed by atoms with Crippen molar-refractivity contribution >= 4 is 22.2 Å². The highest BCUT2D eigenvalue weighted by Crippen LogP contribution is 2.25. The van der Waals surface area contributed by atoms with Crippen LogP contribution in [0.1, 0.15) is 89.2 Å². The van der Waals surface area contributed by atoms with Crippen LogP contribution in [0, 0.1) is 0 Å². The zero-order chi connectivity index (χ0) is 20.9. The Morgan fingerprint density at radius 2 is 1.31 bits per heavy atom. The molecule has 0 bridgehead atoms. The molecule has 0 heterocycles. The molecule has 0 atom stereocenters. The van der Waals surface area contributed by atoms with Crippen molar-refractivity contribution in [2.24, 2.45) is 10.3 Å². The van der Waals surface area contributed by atoms with Crippen LogP contribution in [-0.4, -0.2) is 21.8 Å². The Hall–Kier alpha value is -2.36. The van der Waals surface area contributed by atoms with E-state index in [0.29, 0.717) is 11.4 Å². The Kier molecular flexibility index (Phi) is 10.3. The van der Waals surface area contributed by atoms with E-state index in [9.17, 15) is 5.21 Å². The number of fused-ring (bicyclic) bond motifs is 1. The van der Waals surface area contributed by atoms with Gasteiger partial charge in [-0.1, -0.05) is 111 Å². The van der Waals surface area contributed by atoms with Crippen LogP contribution < -0.4 is 0 Å². The smallest absolute Gasteiger partial charge is 0.135 e. The fourth-order valence-corrected chi connectivity index (χ4v) is 3.96. The lowest BCUT2D eigenvalue weighted by atomic mass is 9.93. The lowest BCUT2D eigenvalue weighted by molar-refractivity contribution is 0.314. The summed E-state index contributed by atoms with van der Waals surface area (Å²) < 4.78 is 0. The number of nitrogens with zero attached hydrogens (tertiary/aromatic N) is 2. The zero-order valence-corrected chi connectivity index (χ0v) is 18.0. The summed E-state index contributed by atoms with van der Waals surface area (Å²) in [5.74, 6) is 0. The van der Waals surface area contributed by atoms with Crippen LogP contribution in [0.3, 0.4) is 0 Å². The molecule has 0 saturated carbocycles. The molecule has 2 aromatic rings. The summed E-state index contributed by atoms with van der Waals surface area (Å²) >= 11 is 0. The standard InChI is InChI=1S/C25H36N2O2/c1-3-4-5-6-7-8-9-10-11-12-15-21-18-19-24(25(27-29)20(2)26-28)23-17-14-13-16-22(21)23/h13-14,16-19,28-29H,3-12,15H2,1-2H3. The molecule has 29 heavy (non-hydrogen) atoms. The van der Waals surface area contributed by atoms with Gasteiger partial charge in [0.1, 0.15) is 11.4 Å². The highest BCUT2D eigenvalue weighted by molar-refractivity contribution is 6.49. The predicted molar refractivity (Wildman–Crippen MR) is 123 cm³/mol. The van der Waals surface area contributed by atoms with Gasteiger partial charge in [0.05, 0.1) is 0 Å². The molecule has 0 spiro atoms. The highest BCUT2D eigenvalue weighted by Gasteiger charge is 2.14. The van der Waals surface area contributed by atoms with Gasteiger partial charge in [0.25, 0.3) is 0 Å². The molecule has 2 N–H and O–H groups in total. The SMILES string of the molecule is CCCCCCCCCCCCc1ccc(C(=NO)C(C)=NO)c2ccccc12. The van der Waals surface area contributed by atoms with Gasteiger partial charge in [-0.2, -0.15) is 0 Å². The van der Waals surface area contributed by atoms with Crippen molar-refractivity contribution in [2.75, 3.05) is 0 Å². The van der Waals surface area contributed by atoms with E-state index < -0.39 is 0 Å². The minimum Gasteiger partial charge on any atom is -0.411 e. The molecule has 0 saturated heterocycles. The number of rotatable bonds is 13. The van der Waals surface area contributed by atoms with Crippen LogP contribution in [0.5, 0.6) is 0 Å². The van der Waals surface area contributed by atoms with E-state index in [1.807, 2.05) is 24.3 Å². The van der Waals surface area contributed by atoms with Crippen molar-refractivity contribution in [3.8, 4) is 0 Å². The number of unbranched alkanes of at least 4 members (excludes halogenated alkanes) is 9. The molecule has 0 aliphatic rings. The number of hydrogen-bond donors (Lipinski definition) is 2. The van der Waals surface area contributed by atoms with Crippen LogP contribution in [0.4, 0.5) is 0 Å². The Morgan fingerprint density at radius 1 is 0.724 bits per heavy atom. The summed E-state index contributed by atoms with van der Waals surface area (Å²) in [5, 5.41) is 27.2. The first-order valence-corrected chi connectivity index (χ1v) is 11.1. The predicted octanol–water partition coefficient (Wildman–Crippen LogP) is 7.33. The second-order valence-electron chi connectivity index (χ2n) is 7.88. The second kappa shape index (κ2) is 13.0. The topological polar surface area (TPSA) is 65.2 Å². The summed E-state index contributed by atoms with van der Waals surface area (Å²) in [7, 11) is 0. The molecule has 158 valence electrons. The molecule has 0 amide bonds. The quantitative estimate of drug-likeness (QED) is 0.161. The van der Waals surface area contributed by atoms with E-state index in [0.717, 1.165) is 17.4 Å². The van der Waals surface area contributed by atoms with E-state index in [2.05, 4.69) is 29.4 Å². The van der Waals surface area contributed by atoms with Crippen LogP contribution in [-0.2, 0) is 6.42 Å². The fraction of sp³-hybridized carbons (Fsp3) is 0.520. The van der Waals surface area contributed by atoms with Crippen molar-refractivity contribution in [3.05, 3.63) is 47.5 Å². The van der Waals surface area contributed by atoms with Gasteiger partial charge in [-0.05, 0) is 36.1 Å². The lowest BCUT2D eigenvalue weighted by Gasteiger charge is -2.12. The third kappa shape index (κ3) is 6.88. The first-order chi connectivity index (χ1) is 14.2. The van der Waals surface area contributed by atoms with Gasteiger partial charge >= 0.3 is 0 Å². The number of oxime groups is 2. The summed E-state index contributed by atoms with van der Waals surface area (Å²) in [6, 6.07) is 12.2. The van der Waals surface area contributed by atoms with Crippen LogP contribution in [0.15, 0.2) is 46.7 Å². The summed E-state index contributed by atoms with van der Waals surface area (Å²) in [5.41, 5.74) is 2.69. The van der Waals surface area contributed by atoms with E-state index in [1.165, 1.54) is 75.2 Å². The van der Waals surface area contributed by atoms with Crippen LogP contribution in [0.25, 0.3) is 10.8 Å². The average Bonchev–Trinajstić information content (AvgIpc) is 2.76. The van der Waals surface area contributed by atoms with Crippen LogP contribution in [0.2, 0.25) is 0 Å². The average molecular weight is 397 g/mol. The summed E-state index contributed by atoms with van der Waals surface area (Å²) in [6.45, 7) is 3.89. The summed E-state index contributed by atoms with van der Waals surface area (Å²) in [4.78, 5) is 0. The first kappa shape index (κ1) is 22.9. The Morgan fingerprint density at radius 3 is 1.90 bits per heavy atom. The molecule has 0 aliphatic carbocycles.